The molecule has 0 radical (unpaired) electrons. The quantitative estimate of drug-likeness (QED) is 0.731. The van der Waals surface area contributed by atoms with Crippen molar-refractivity contribution in [1.29, 1.82) is 0 Å². The van der Waals surface area contributed by atoms with Crippen LogP contribution in [0.25, 0.3) is 0 Å². The van der Waals surface area contributed by atoms with Crippen molar-refractivity contribution in [2.75, 3.05) is 0 Å². The lowest BCUT2D eigenvalue weighted by molar-refractivity contribution is 0.181. The van der Waals surface area contributed by atoms with Gasteiger partial charge in [0.15, 0.2) is 8.32 Å². The lowest BCUT2D eigenvalue weighted by atomic mass is 10.2. The molecule has 1 aliphatic carbocycles. The molecule has 0 saturated heterocycles. The largest absolute Gasteiger partial charge is 0.408 e. The lowest BCUT2D eigenvalue weighted by Gasteiger charge is -2.38. The summed E-state index contributed by atoms with van der Waals surface area (Å²) in [5, 5.41) is 1.07. The number of nitrogens with zero attached hydrogens (tertiary/aromatic N) is 1. The Kier molecular flexibility index (Phi) is 3.60. The van der Waals surface area contributed by atoms with E-state index in [1.807, 2.05) is 6.07 Å². The first kappa shape index (κ1) is 14.0. The van der Waals surface area contributed by atoms with Gasteiger partial charge in [0, 0.05) is 11.2 Å². The Hall–Kier alpha value is -0.383. The van der Waals surface area contributed by atoms with Crippen molar-refractivity contribution in [2.24, 2.45) is 0 Å². The Morgan fingerprint density at radius 3 is 2.67 bits per heavy atom. The van der Waals surface area contributed by atoms with E-state index in [2.05, 4.69) is 38.8 Å². The standard InChI is InChI=1S/C14H22ClNOSi/c1-14(2,3)18(4,5)17-12-7-6-10-11(15)8-9-16-13(10)12/h8-9,12H,6-7H2,1-5H3/t12-/m1/s1. The maximum absolute atomic E-state index is 6.46. The van der Waals surface area contributed by atoms with Gasteiger partial charge in [0.25, 0.3) is 0 Å². The minimum Gasteiger partial charge on any atom is -0.408 e. The summed E-state index contributed by atoms with van der Waals surface area (Å²) >= 11 is 6.21. The summed E-state index contributed by atoms with van der Waals surface area (Å²) < 4.78 is 6.46. The van der Waals surface area contributed by atoms with Crippen molar-refractivity contribution < 1.29 is 4.43 Å². The second-order valence-electron chi connectivity index (χ2n) is 6.56. The third-order valence-electron chi connectivity index (χ3n) is 4.24. The minimum atomic E-state index is -1.74. The van der Waals surface area contributed by atoms with Gasteiger partial charge in [-0.15, -0.1) is 0 Å². The first-order valence-corrected chi connectivity index (χ1v) is 9.82. The molecule has 0 bridgehead atoms. The van der Waals surface area contributed by atoms with E-state index in [9.17, 15) is 0 Å². The third kappa shape index (κ3) is 2.49. The average Bonchev–Trinajstić information content (AvgIpc) is 2.61. The molecule has 1 heterocycles. The Morgan fingerprint density at radius 1 is 1.39 bits per heavy atom. The zero-order valence-corrected chi connectivity index (χ0v) is 13.6. The summed E-state index contributed by atoms with van der Waals surface area (Å²) in [6.07, 6.45) is 3.92. The molecule has 1 aromatic heterocycles. The third-order valence-corrected chi connectivity index (χ3v) is 9.08. The van der Waals surface area contributed by atoms with Crippen molar-refractivity contribution in [2.45, 2.75) is 57.8 Å². The predicted octanol–water partition coefficient (Wildman–Crippen LogP) is 4.74. The minimum absolute atomic E-state index is 0.139. The first-order chi connectivity index (χ1) is 8.22. The monoisotopic (exact) mass is 283 g/mol. The molecule has 2 rings (SSSR count). The summed E-state index contributed by atoms with van der Waals surface area (Å²) in [6.45, 7) is 11.4. The second kappa shape index (κ2) is 4.62. The van der Waals surface area contributed by atoms with Crippen LogP contribution in [-0.4, -0.2) is 13.3 Å². The van der Waals surface area contributed by atoms with Gasteiger partial charge in [-0.25, -0.2) is 0 Å². The van der Waals surface area contributed by atoms with Crippen LogP contribution in [0.2, 0.25) is 23.2 Å². The Balaban J connectivity index is 2.23. The van der Waals surface area contributed by atoms with Crippen LogP contribution in [0.3, 0.4) is 0 Å². The highest BCUT2D eigenvalue weighted by Crippen LogP contribution is 2.43. The smallest absolute Gasteiger partial charge is 0.192 e. The van der Waals surface area contributed by atoms with E-state index in [-0.39, 0.29) is 11.1 Å². The van der Waals surface area contributed by atoms with Gasteiger partial charge in [-0.2, -0.15) is 0 Å². The summed E-state index contributed by atoms with van der Waals surface area (Å²) in [7, 11) is -1.74. The van der Waals surface area contributed by atoms with E-state index in [0.29, 0.717) is 0 Å². The van der Waals surface area contributed by atoms with Gasteiger partial charge < -0.3 is 4.43 Å². The number of fused-ring (bicyclic) bond motifs is 1. The molecule has 0 unspecified atom stereocenters. The molecule has 1 aliphatic rings. The van der Waals surface area contributed by atoms with E-state index < -0.39 is 8.32 Å². The van der Waals surface area contributed by atoms with Gasteiger partial charge in [0.05, 0.1) is 11.8 Å². The fourth-order valence-corrected chi connectivity index (χ4v) is 3.61. The molecule has 0 spiro atoms. The summed E-state index contributed by atoms with van der Waals surface area (Å²) in [5.41, 5.74) is 2.25. The summed E-state index contributed by atoms with van der Waals surface area (Å²) in [4.78, 5) is 4.48. The van der Waals surface area contributed by atoms with Crippen LogP contribution in [-0.2, 0) is 10.8 Å². The summed E-state index contributed by atoms with van der Waals surface area (Å²) in [6, 6.07) is 1.87. The molecule has 1 atom stereocenters. The molecule has 0 aromatic carbocycles. The fourth-order valence-electron chi connectivity index (χ4n) is 2.07. The molecule has 18 heavy (non-hydrogen) atoms. The second-order valence-corrected chi connectivity index (χ2v) is 11.7. The number of hydrogen-bond acceptors (Lipinski definition) is 2. The Bertz CT molecular complexity index is 454. The molecule has 1 aromatic rings. The molecule has 0 fully saturated rings. The van der Waals surface area contributed by atoms with Crippen molar-refractivity contribution in [3.8, 4) is 0 Å². The molecular weight excluding hydrogens is 262 g/mol. The van der Waals surface area contributed by atoms with Gasteiger partial charge in [0.2, 0.25) is 0 Å². The van der Waals surface area contributed by atoms with Crippen molar-refractivity contribution in [3.63, 3.8) is 0 Å². The highest BCUT2D eigenvalue weighted by molar-refractivity contribution is 6.74. The molecule has 0 amide bonds. The number of aromatic nitrogens is 1. The van der Waals surface area contributed by atoms with E-state index in [1.165, 1.54) is 5.56 Å². The first-order valence-electron chi connectivity index (χ1n) is 6.53. The highest BCUT2D eigenvalue weighted by Gasteiger charge is 2.41. The lowest BCUT2D eigenvalue weighted by Crippen LogP contribution is -2.41. The number of hydrogen-bond donors (Lipinski definition) is 0. The Morgan fingerprint density at radius 2 is 2.06 bits per heavy atom. The molecule has 100 valence electrons. The van der Waals surface area contributed by atoms with E-state index in [0.717, 1.165) is 23.6 Å². The SMILES string of the molecule is CC(C)(C)[Si](C)(C)O[C@@H]1CCc2c(Cl)ccnc21. The highest BCUT2D eigenvalue weighted by atomic mass is 35.5. The van der Waals surface area contributed by atoms with E-state index in [4.69, 9.17) is 16.0 Å². The van der Waals surface area contributed by atoms with Crippen molar-refractivity contribution in [1.82, 2.24) is 4.98 Å². The number of pyridine rings is 1. The zero-order chi connectivity index (χ0) is 13.6. The average molecular weight is 284 g/mol. The number of rotatable bonds is 2. The van der Waals surface area contributed by atoms with Crippen LogP contribution in [0.1, 0.15) is 44.6 Å². The molecule has 0 aliphatic heterocycles. The van der Waals surface area contributed by atoms with Crippen molar-refractivity contribution in [3.05, 3.63) is 28.5 Å². The topological polar surface area (TPSA) is 22.1 Å². The zero-order valence-electron chi connectivity index (χ0n) is 11.9. The van der Waals surface area contributed by atoms with E-state index >= 15 is 0 Å². The molecule has 0 N–H and O–H groups in total. The molecule has 4 heteroatoms. The van der Waals surface area contributed by atoms with Gasteiger partial charge in [-0.3, -0.25) is 4.98 Å². The van der Waals surface area contributed by atoms with Gasteiger partial charge in [-0.1, -0.05) is 32.4 Å². The van der Waals surface area contributed by atoms with Crippen LogP contribution < -0.4 is 0 Å². The van der Waals surface area contributed by atoms with Gasteiger partial charge in [0.1, 0.15) is 0 Å². The van der Waals surface area contributed by atoms with Crippen LogP contribution >= 0.6 is 11.6 Å². The van der Waals surface area contributed by atoms with Crippen LogP contribution in [0.4, 0.5) is 0 Å². The summed E-state index contributed by atoms with van der Waals surface area (Å²) in [5.74, 6) is 0. The van der Waals surface area contributed by atoms with Crippen LogP contribution in [0.15, 0.2) is 12.3 Å². The van der Waals surface area contributed by atoms with Gasteiger partial charge >= 0.3 is 0 Å². The van der Waals surface area contributed by atoms with Crippen LogP contribution in [0, 0.1) is 0 Å². The van der Waals surface area contributed by atoms with Gasteiger partial charge in [-0.05, 0) is 42.6 Å². The maximum atomic E-state index is 6.46. The predicted molar refractivity (Wildman–Crippen MR) is 78.6 cm³/mol. The maximum Gasteiger partial charge on any atom is 0.192 e. The normalized spacial score (nSPS) is 20.0. The number of halogens is 1. The fraction of sp³-hybridized carbons (Fsp3) is 0.643. The van der Waals surface area contributed by atoms with Crippen LogP contribution in [0.5, 0.6) is 0 Å². The molecular formula is C14H22ClNOSi. The molecule has 2 nitrogen and oxygen atoms in total. The molecule has 0 saturated carbocycles. The Labute approximate surface area is 116 Å². The van der Waals surface area contributed by atoms with Crippen molar-refractivity contribution >= 4 is 19.9 Å². The van der Waals surface area contributed by atoms with E-state index in [1.54, 1.807) is 6.20 Å².